The van der Waals surface area contributed by atoms with Gasteiger partial charge in [-0.15, -0.1) is 0 Å². The van der Waals surface area contributed by atoms with Crippen LogP contribution in [0, 0.1) is 0 Å². The van der Waals surface area contributed by atoms with Gasteiger partial charge in [-0.2, -0.15) is 0 Å². The van der Waals surface area contributed by atoms with Crippen molar-refractivity contribution in [1.29, 1.82) is 0 Å². The van der Waals surface area contributed by atoms with Crippen molar-refractivity contribution in [3.8, 4) is 0 Å². The molecule has 5 nitrogen and oxygen atoms in total. The number of amides is 2. The van der Waals surface area contributed by atoms with Gasteiger partial charge in [-0.1, -0.05) is 66.7 Å². The van der Waals surface area contributed by atoms with Crippen molar-refractivity contribution >= 4 is 22.7 Å². The molecule has 2 amide bonds. The van der Waals surface area contributed by atoms with Crippen LogP contribution in [0.25, 0.3) is 10.9 Å². The number of likely N-dealkylation sites (N-methyl/N-ethyl adjacent to an activating group) is 1. The standard InChI is InChI=1S/C28H27N3O2/c1-31(28(33)22-12-6-3-7-13-22)23(20-21-10-4-2-5-11-21)16-18-30-27(32)25-17-19-29-26-15-9-8-14-24(25)26/h2-15,17,19,23H,16,18,20H2,1H3,(H,30,32)/t23-/m1/s1. The molecule has 0 saturated carbocycles. The van der Waals surface area contributed by atoms with Crippen molar-refractivity contribution in [2.45, 2.75) is 18.9 Å². The number of rotatable bonds is 8. The molecule has 1 atom stereocenters. The van der Waals surface area contributed by atoms with Crippen LogP contribution in [0.15, 0.2) is 97.2 Å². The lowest BCUT2D eigenvalue weighted by Gasteiger charge is -2.29. The van der Waals surface area contributed by atoms with Gasteiger partial charge in [0.15, 0.2) is 0 Å². The molecule has 0 aliphatic rings. The molecule has 0 spiro atoms. The fourth-order valence-electron chi connectivity index (χ4n) is 4.01. The predicted molar refractivity (Wildman–Crippen MR) is 131 cm³/mol. The van der Waals surface area contributed by atoms with E-state index in [9.17, 15) is 9.59 Å². The average Bonchev–Trinajstić information content (AvgIpc) is 2.88. The summed E-state index contributed by atoms with van der Waals surface area (Å²) in [5, 5.41) is 3.86. The summed E-state index contributed by atoms with van der Waals surface area (Å²) >= 11 is 0. The van der Waals surface area contributed by atoms with Crippen LogP contribution in [0.4, 0.5) is 0 Å². The number of nitrogens with one attached hydrogen (secondary N) is 1. The summed E-state index contributed by atoms with van der Waals surface area (Å²) < 4.78 is 0. The van der Waals surface area contributed by atoms with Crippen LogP contribution in [0.2, 0.25) is 0 Å². The predicted octanol–water partition coefficient (Wildman–Crippen LogP) is 4.74. The summed E-state index contributed by atoms with van der Waals surface area (Å²) in [4.78, 5) is 32.1. The first-order valence-electron chi connectivity index (χ1n) is 11.1. The number of carbonyl (C=O) groups is 2. The van der Waals surface area contributed by atoms with Crippen LogP contribution < -0.4 is 5.32 Å². The largest absolute Gasteiger partial charge is 0.352 e. The number of nitrogens with zero attached hydrogens (tertiary/aromatic N) is 2. The van der Waals surface area contributed by atoms with Gasteiger partial charge in [0.2, 0.25) is 0 Å². The second kappa shape index (κ2) is 10.6. The first kappa shape index (κ1) is 22.2. The molecule has 5 heteroatoms. The van der Waals surface area contributed by atoms with Crippen LogP contribution in [-0.2, 0) is 6.42 Å². The van der Waals surface area contributed by atoms with E-state index in [1.165, 1.54) is 0 Å². The van der Waals surface area contributed by atoms with Gasteiger partial charge in [0.25, 0.3) is 11.8 Å². The number of fused-ring (bicyclic) bond motifs is 1. The molecule has 0 fully saturated rings. The zero-order valence-electron chi connectivity index (χ0n) is 18.6. The summed E-state index contributed by atoms with van der Waals surface area (Å²) in [5.74, 6) is -0.160. The minimum absolute atomic E-state index is 0.0250. The SMILES string of the molecule is CN(C(=O)c1ccccc1)[C@H](CCNC(=O)c1ccnc2ccccc12)Cc1ccccc1. The summed E-state index contributed by atoms with van der Waals surface area (Å²) in [6.45, 7) is 0.458. The maximum Gasteiger partial charge on any atom is 0.253 e. The second-order valence-electron chi connectivity index (χ2n) is 8.05. The van der Waals surface area contributed by atoms with Gasteiger partial charge >= 0.3 is 0 Å². The summed E-state index contributed by atoms with van der Waals surface area (Å²) in [5.41, 5.74) is 3.21. The Hall–Kier alpha value is -3.99. The number of pyridine rings is 1. The Labute approximate surface area is 194 Å². The molecule has 1 N–H and O–H groups in total. The average molecular weight is 438 g/mol. The highest BCUT2D eigenvalue weighted by Crippen LogP contribution is 2.17. The smallest absolute Gasteiger partial charge is 0.253 e. The topological polar surface area (TPSA) is 62.3 Å². The Bertz CT molecular complexity index is 1220. The third-order valence-electron chi connectivity index (χ3n) is 5.86. The lowest BCUT2D eigenvalue weighted by molar-refractivity contribution is 0.0723. The van der Waals surface area contributed by atoms with Crippen molar-refractivity contribution in [3.63, 3.8) is 0 Å². The Kier molecular flexibility index (Phi) is 7.10. The maximum atomic E-state index is 13.1. The minimum Gasteiger partial charge on any atom is -0.352 e. The van der Waals surface area contributed by atoms with Crippen molar-refractivity contribution in [1.82, 2.24) is 15.2 Å². The molecule has 0 bridgehead atoms. The van der Waals surface area contributed by atoms with Crippen molar-refractivity contribution in [2.24, 2.45) is 0 Å². The lowest BCUT2D eigenvalue weighted by atomic mass is 10.0. The first-order chi connectivity index (χ1) is 16.1. The van der Waals surface area contributed by atoms with Crippen LogP contribution in [0.5, 0.6) is 0 Å². The van der Waals surface area contributed by atoms with E-state index in [0.29, 0.717) is 30.5 Å². The van der Waals surface area contributed by atoms with E-state index < -0.39 is 0 Å². The van der Waals surface area contributed by atoms with Gasteiger partial charge in [-0.25, -0.2) is 0 Å². The van der Waals surface area contributed by atoms with E-state index in [4.69, 9.17) is 0 Å². The molecule has 0 radical (unpaired) electrons. The Morgan fingerprint density at radius 1 is 0.879 bits per heavy atom. The normalized spacial score (nSPS) is 11.7. The van der Waals surface area contributed by atoms with Gasteiger partial charge in [0, 0.05) is 36.8 Å². The zero-order valence-corrected chi connectivity index (χ0v) is 18.6. The fourth-order valence-corrected chi connectivity index (χ4v) is 4.01. The molecular formula is C28H27N3O2. The zero-order chi connectivity index (χ0) is 23.0. The number of hydrogen-bond acceptors (Lipinski definition) is 3. The molecule has 166 valence electrons. The van der Waals surface area contributed by atoms with Gasteiger partial charge in [0.1, 0.15) is 0 Å². The Morgan fingerprint density at radius 2 is 1.55 bits per heavy atom. The van der Waals surface area contributed by atoms with E-state index in [0.717, 1.165) is 16.5 Å². The first-order valence-corrected chi connectivity index (χ1v) is 11.1. The molecule has 3 aromatic carbocycles. The van der Waals surface area contributed by atoms with Gasteiger partial charge in [0.05, 0.1) is 11.1 Å². The highest BCUT2D eigenvalue weighted by Gasteiger charge is 2.22. The minimum atomic E-state index is -0.135. The highest BCUT2D eigenvalue weighted by molar-refractivity contribution is 6.05. The van der Waals surface area contributed by atoms with E-state index in [2.05, 4.69) is 22.4 Å². The number of hydrogen-bond donors (Lipinski definition) is 1. The molecule has 0 aliphatic carbocycles. The number of aromatic nitrogens is 1. The number of carbonyl (C=O) groups excluding carboxylic acids is 2. The van der Waals surface area contributed by atoms with Crippen LogP contribution in [-0.4, -0.2) is 41.3 Å². The number of para-hydroxylation sites is 1. The molecule has 0 aliphatic heterocycles. The van der Waals surface area contributed by atoms with Crippen LogP contribution in [0.3, 0.4) is 0 Å². The highest BCUT2D eigenvalue weighted by atomic mass is 16.2. The molecule has 33 heavy (non-hydrogen) atoms. The molecular weight excluding hydrogens is 410 g/mol. The van der Waals surface area contributed by atoms with Crippen molar-refractivity contribution in [3.05, 3.63) is 114 Å². The Balaban J connectivity index is 1.46. The third kappa shape index (κ3) is 5.44. The van der Waals surface area contributed by atoms with Crippen molar-refractivity contribution in [2.75, 3.05) is 13.6 Å². The fraction of sp³-hybridized carbons (Fsp3) is 0.179. The van der Waals surface area contributed by atoms with Crippen LogP contribution >= 0.6 is 0 Å². The number of benzene rings is 3. The molecule has 4 rings (SSSR count). The quantitative estimate of drug-likeness (QED) is 0.433. The summed E-state index contributed by atoms with van der Waals surface area (Å²) in [6, 6.07) is 28.7. The van der Waals surface area contributed by atoms with E-state index in [1.54, 1.807) is 17.2 Å². The van der Waals surface area contributed by atoms with Gasteiger partial charge < -0.3 is 10.2 Å². The maximum absolute atomic E-state index is 13.1. The lowest BCUT2D eigenvalue weighted by Crippen LogP contribution is -2.41. The van der Waals surface area contributed by atoms with E-state index >= 15 is 0 Å². The Morgan fingerprint density at radius 3 is 2.30 bits per heavy atom. The third-order valence-corrected chi connectivity index (χ3v) is 5.86. The second-order valence-corrected chi connectivity index (χ2v) is 8.05. The molecule has 1 heterocycles. The molecule has 0 unspecified atom stereocenters. The monoisotopic (exact) mass is 437 g/mol. The van der Waals surface area contributed by atoms with Crippen LogP contribution in [0.1, 0.15) is 32.7 Å². The van der Waals surface area contributed by atoms with Crippen molar-refractivity contribution < 1.29 is 9.59 Å². The molecule has 0 saturated heterocycles. The van der Waals surface area contributed by atoms with Gasteiger partial charge in [-0.3, -0.25) is 14.6 Å². The summed E-state index contributed by atoms with van der Waals surface area (Å²) in [6.07, 6.45) is 3.00. The molecule has 4 aromatic rings. The summed E-state index contributed by atoms with van der Waals surface area (Å²) in [7, 11) is 1.83. The van der Waals surface area contributed by atoms with E-state index in [-0.39, 0.29) is 17.9 Å². The van der Waals surface area contributed by atoms with Gasteiger partial charge in [-0.05, 0) is 42.7 Å². The van der Waals surface area contributed by atoms with E-state index in [1.807, 2.05) is 79.8 Å². The molecule has 1 aromatic heterocycles.